The number of nitrogens with zero attached hydrogens (tertiary/aromatic N) is 2. The molecule has 0 aliphatic heterocycles. The number of aromatic nitrogens is 2. The number of esters is 1. The SMILES string of the molecule is COC(=O)[C@H](CC(C)C)Nc1nnc([C@H](Cc2ccccc2)NC(=O)OC(C)(C)C)o1. The van der Waals surface area contributed by atoms with Gasteiger partial charge in [0.1, 0.15) is 17.7 Å². The first kappa shape index (κ1) is 24.2. The third-order valence-electron chi connectivity index (χ3n) is 4.20. The maximum absolute atomic E-state index is 12.4. The highest BCUT2D eigenvalue weighted by molar-refractivity contribution is 5.78. The van der Waals surface area contributed by atoms with Crippen molar-refractivity contribution in [1.82, 2.24) is 15.5 Å². The number of hydrogen-bond acceptors (Lipinski definition) is 8. The number of methoxy groups -OCH3 is 1. The van der Waals surface area contributed by atoms with E-state index in [1.807, 2.05) is 44.2 Å². The lowest BCUT2D eigenvalue weighted by Crippen LogP contribution is -2.36. The highest BCUT2D eigenvalue weighted by Crippen LogP contribution is 2.21. The number of amides is 1. The molecule has 0 aliphatic carbocycles. The second-order valence-corrected chi connectivity index (χ2v) is 8.68. The molecule has 9 heteroatoms. The average molecular weight is 433 g/mol. The van der Waals surface area contributed by atoms with Gasteiger partial charge in [-0.05, 0) is 38.7 Å². The van der Waals surface area contributed by atoms with Crippen molar-refractivity contribution in [2.75, 3.05) is 12.4 Å². The number of rotatable bonds is 9. The molecule has 9 nitrogen and oxygen atoms in total. The van der Waals surface area contributed by atoms with Crippen LogP contribution in [0.2, 0.25) is 0 Å². The molecule has 2 atom stereocenters. The Morgan fingerprint density at radius 3 is 2.39 bits per heavy atom. The fourth-order valence-corrected chi connectivity index (χ4v) is 2.91. The van der Waals surface area contributed by atoms with Gasteiger partial charge in [-0.3, -0.25) is 0 Å². The van der Waals surface area contributed by atoms with Gasteiger partial charge in [0.2, 0.25) is 5.89 Å². The molecule has 170 valence electrons. The van der Waals surface area contributed by atoms with Crippen LogP contribution in [-0.2, 0) is 20.7 Å². The fraction of sp³-hybridized carbons (Fsp3) is 0.545. The van der Waals surface area contributed by atoms with Crippen LogP contribution in [-0.4, -0.2) is 41.0 Å². The van der Waals surface area contributed by atoms with Gasteiger partial charge in [0.25, 0.3) is 0 Å². The normalized spacial score (nSPS) is 13.4. The van der Waals surface area contributed by atoms with E-state index in [0.29, 0.717) is 12.8 Å². The number of alkyl carbamates (subject to hydrolysis) is 1. The molecular formula is C22H32N4O5. The van der Waals surface area contributed by atoms with Crippen LogP contribution in [0.15, 0.2) is 34.7 Å². The molecule has 2 aromatic rings. The minimum absolute atomic E-state index is 0.0788. The number of anilines is 1. The summed E-state index contributed by atoms with van der Waals surface area (Å²) in [5.41, 5.74) is 0.330. The maximum Gasteiger partial charge on any atom is 0.408 e. The smallest absolute Gasteiger partial charge is 0.408 e. The number of ether oxygens (including phenoxy) is 2. The number of hydrogen-bond donors (Lipinski definition) is 2. The van der Waals surface area contributed by atoms with Gasteiger partial charge >= 0.3 is 18.1 Å². The highest BCUT2D eigenvalue weighted by Gasteiger charge is 2.27. The second kappa shape index (κ2) is 10.8. The van der Waals surface area contributed by atoms with Crippen molar-refractivity contribution in [3.8, 4) is 0 Å². The van der Waals surface area contributed by atoms with Gasteiger partial charge in [0.15, 0.2) is 0 Å². The van der Waals surface area contributed by atoms with Gasteiger partial charge < -0.3 is 24.5 Å². The molecule has 0 saturated heterocycles. The Labute approximate surface area is 182 Å². The first-order valence-electron chi connectivity index (χ1n) is 10.3. The van der Waals surface area contributed by atoms with Gasteiger partial charge in [0, 0.05) is 6.42 Å². The average Bonchev–Trinajstić information content (AvgIpc) is 3.14. The van der Waals surface area contributed by atoms with E-state index in [-0.39, 0.29) is 17.8 Å². The molecule has 0 radical (unpaired) electrons. The van der Waals surface area contributed by atoms with E-state index < -0.39 is 29.7 Å². The van der Waals surface area contributed by atoms with Crippen LogP contribution < -0.4 is 10.6 Å². The molecule has 1 heterocycles. The Balaban J connectivity index is 2.20. The Morgan fingerprint density at radius 1 is 1.13 bits per heavy atom. The minimum atomic E-state index is -0.645. The summed E-state index contributed by atoms with van der Waals surface area (Å²) >= 11 is 0. The largest absolute Gasteiger partial charge is 0.467 e. The number of nitrogens with one attached hydrogen (secondary N) is 2. The van der Waals surface area contributed by atoms with E-state index in [0.717, 1.165) is 5.56 Å². The van der Waals surface area contributed by atoms with Gasteiger partial charge in [0.05, 0.1) is 7.11 Å². The van der Waals surface area contributed by atoms with E-state index in [1.165, 1.54) is 7.11 Å². The Morgan fingerprint density at radius 2 is 1.81 bits per heavy atom. The molecule has 2 rings (SSSR count). The van der Waals surface area contributed by atoms with Gasteiger partial charge in [-0.15, -0.1) is 5.10 Å². The molecule has 0 fully saturated rings. The Hall–Kier alpha value is -3.10. The van der Waals surface area contributed by atoms with E-state index >= 15 is 0 Å². The minimum Gasteiger partial charge on any atom is -0.467 e. The molecule has 0 saturated carbocycles. The van der Waals surface area contributed by atoms with E-state index in [2.05, 4.69) is 20.8 Å². The molecule has 1 amide bonds. The van der Waals surface area contributed by atoms with Crippen molar-refractivity contribution in [2.24, 2.45) is 5.92 Å². The number of carbonyl (C=O) groups excluding carboxylic acids is 2. The van der Waals surface area contributed by atoms with Crippen molar-refractivity contribution >= 4 is 18.1 Å². The predicted octanol–water partition coefficient (Wildman–Crippen LogP) is 3.88. The van der Waals surface area contributed by atoms with Crippen molar-refractivity contribution in [2.45, 2.75) is 65.1 Å². The fourth-order valence-electron chi connectivity index (χ4n) is 2.91. The summed E-state index contributed by atoms with van der Waals surface area (Å²) in [5, 5.41) is 13.8. The summed E-state index contributed by atoms with van der Waals surface area (Å²) in [6.45, 7) is 9.36. The van der Waals surface area contributed by atoms with Crippen LogP contribution in [0, 0.1) is 5.92 Å². The Bertz CT molecular complexity index is 845. The van der Waals surface area contributed by atoms with Crippen LogP contribution in [0.25, 0.3) is 0 Å². The summed E-state index contributed by atoms with van der Waals surface area (Å²) < 4.78 is 16.0. The first-order chi connectivity index (χ1) is 14.6. The van der Waals surface area contributed by atoms with Crippen molar-refractivity contribution in [3.63, 3.8) is 0 Å². The lowest BCUT2D eigenvalue weighted by molar-refractivity contribution is -0.141. The monoisotopic (exact) mass is 432 g/mol. The second-order valence-electron chi connectivity index (χ2n) is 8.68. The van der Waals surface area contributed by atoms with Crippen LogP contribution in [0.1, 0.15) is 58.5 Å². The van der Waals surface area contributed by atoms with E-state index in [9.17, 15) is 9.59 Å². The van der Waals surface area contributed by atoms with Crippen LogP contribution in [0.3, 0.4) is 0 Å². The zero-order valence-electron chi connectivity index (χ0n) is 19.0. The third kappa shape index (κ3) is 8.27. The molecule has 1 aromatic carbocycles. The molecule has 0 bridgehead atoms. The summed E-state index contributed by atoms with van der Waals surface area (Å²) in [6.07, 6.45) is 0.371. The Kier molecular flexibility index (Phi) is 8.41. The predicted molar refractivity (Wildman–Crippen MR) is 115 cm³/mol. The van der Waals surface area contributed by atoms with Gasteiger partial charge in [-0.2, -0.15) is 0 Å². The van der Waals surface area contributed by atoms with Crippen LogP contribution >= 0.6 is 0 Å². The molecule has 0 unspecified atom stereocenters. The standard InChI is InChI=1S/C22H32N4O5/c1-14(2)12-17(19(27)29-6)23-20-26-25-18(30-20)16(13-15-10-8-7-9-11-15)24-21(28)31-22(3,4)5/h7-11,14,16-17H,12-13H2,1-6H3,(H,23,26)(H,24,28)/t16-,17-/m0/s1. The van der Waals surface area contributed by atoms with Crippen molar-refractivity contribution in [3.05, 3.63) is 41.8 Å². The van der Waals surface area contributed by atoms with Crippen LogP contribution in [0.5, 0.6) is 0 Å². The molecule has 0 spiro atoms. The summed E-state index contributed by atoms with van der Waals surface area (Å²) in [7, 11) is 1.33. The number of carbonyl (C=O) groups is 2. The first-order valence-corrected chi connectivity index (χ1v) is 10.3. The molecule has 2 N–H and O–H groups in total. The van der Waals surface area contributed by atoms with E-state index in [1.54, 1.807) is 20.8 Å². The molecular weight excluding hydrogens is 400 g/mol. The van der Waals surface area contributed by atoms with Gasteiger partial charge in [-0.25, -0.2) is 9.59 Å². The van der Waals surface area contributed by atoms with Crippen molar-refractivity contribution in [1.29, 1.82) is 0 Å². The lowest BCUT2D eigenvalue weighted by Gasteiger charge is -2.22. The quantitative estimate of drug-likeness (QED) is 0.574. The van der Waals surface area contributed by atoms with Gasteiger partial charge in [-0.1, -0.05) is 49.3 Å². The summed E-state index contributed by atoms with van der Waals surface area (Å²) in [6, 6.07) is 8.46. The molecule has 31 heavy (non-hydrogen) atoms. The zero-order valence-corrected chi connectivity index (χ0v) is 19.0. The maximum atomic E-state index is 12.4. The third-order valence-corrected chi connectivity index (χ3v) is 4.20. The molecule has 1 aromatic heterocycles. The summed E-state index contributed by atoms with van der Waals surface area (Å²) in [5.74, 6) is 0.0326. The lowest BCUT2D eigenvalue weighted by atomic mass is 10.0. The van der Waals surface area contributed by atoms with E-state index in [4.69, 9.17) is 13.9 Å². The molecule has 0 aliphatic rings. The topological polar surface area (TPSA) is 116 Å². The number of benzene rings is 1. The van der Waals surface area contributed by atoms with Crippen LogP contribution in [0.4, 0.5) is 10.8 Å². The van der Waals surface area contributed by atoms with Crippen molar-refractivity contribution < 1.29 is 23.5 Å². The highest BCUT2D eigenvalue weighted by atomic mass is 16.6. The summed E-state index contributed by atoms with van der Waals surface area (Å²) in [4.78, 5) is 24.4. The zero-order chi connectivity index (χ0) is 23.0.